The van der Waals surface area contributed by atoms with Crippen molar-refractivity contribution in [3.63, 3.8) is 0 Å². The Morgan fingerprint density at radius 3 is 2.45 bits per heavy atom. The van der Waals surface area contributed by atoms with Crippen LogP contribution in [0.1, 0.15) is 30.6 Å². The second-order valence-electron chi connectivity index (χ2n) is 7.73. The first kappa shape index (κ1) is 23.3. The number of carbonyl (C=O) groups excluding carboxylic acids is 1. The van der Waals surface area contributed by atoms with Gasteiger partial charge >= 0.3 is 0 Å². The molecule has 31 heavy (non-hydrogen) atoms. The van der Waals surface area contributed by atoms with Gasteiger partial charge in [0.2, 0.25) is 0 Å². The minimum atomic E-state index is -0.107. The number of carbonyl (C=O) groups is 1. The van der Waals surface area contributed by atoms with Crippen LogP contribution in [-0.2, 0) is 0 Å². The molecule has 6 nitrogen and oxygen atoms in total. The molecule has 166 valence electrons. The van der Waals surface area contributed by atoms with E-state index in [-0.39, 0.29) is 12.0 Å². The molecule has 0 bridgehead atoms. The van der Waals surface area contributed by atoms with Crippen LogP contribution in [0.4, 0.5) is 5.13 Å². The molecular formula is C23H28ClN3O3S. The highest BCUT2D eigenvalue weighted by Gasteiger charge is 2.23. The van der Waals surface area contributed by atoms with Crippen LogP contribution in [0.25, 0.3) is 10.2 Å². The molecule has 0 radical (unpaired) electrons. The van der Waals surface area contributed by atoms with E-state index in [2.05, 4.69) is 4.90 Å². The third-order valence-electron chi connectivity index (χ3n) is 4.60. The molecule has 1 aromatic heterocycles. The number of benzene rings is 2. The van der Waals surface area contributed by atoms with Crippen LogP contribution in [0.5, 0.6) is 11.5 Å². The molecule has 0 spiro atoms. The minimum Gasteiger partial charge on any atom is -0.494 e. The summed E-state index contributed by atoms with van der Waals surface area (Å²) in [6, 6.07) is 10.8. The average Bonchev–Trinajstić information content (AvgIpc) is 3.17. The quantitative estimate of drug-likeness (QED) is 0.430. The number of ether oxygens (including phenoxy) is 2. The molecular weight excluding hydrogens is 434 g/mol. The zero-order valence-corrected chi connectivity index (χ0v) is 20.1. The number of methoxy groups -OCH3 is 1. The smallest absolute Gasteiger partial charge is 0.260 e. The third kappa shape index (κ3) is 5.67. The first-order chi connectivity index (χ1) is 14.8. The van der Waals surface area contributed by atoms with Gasteiger partial charge in [0, 0.05) is 12.1 Å². The van der Waals surface area contributed by atoms with E-state index in [0.29, 0.717) is 33.5 Å². The van der Waals surface area contributed by atoms with Crippen LogP contribution in [0, 0.1) is 0 Å². The molecule has 8 heteroatoms. The molecule has 0 N–H and O–H groups in total. The van der Waals surface area contributed by atoms with E-state index in [0.717, 1.165) is 23.4 Å². The van der Waals surface area contributed by atoms with Crippen LogP contribution in [0.2, 0.25) is 5.02 Å². The number of halogens is 1. The number of amides is 1. The molecule has 3 rings (SSSR count). The maximum absolute atomic E-state index is 13.4. The number of hydrogen-bond donors (Lipinski definition) is 0. The van der Waals surface area contributed by atoms with E-state index >= 15 is 0 Å². The van der Waals surface area contributed by atoms with Crippen LogP contribution in [0.15, 0.2) is 36.4 Å². The lowest BCUT2D eigenvalue weighted by Gasteiger charge is -2.21. The lowest BCUT2D eigenvalue weighted by Crippen LogP contribution is -2.33. The molecule has 0 aliphatic rings. The van der Waals surface area contributed by atoms with Gasteiger partial charge in [-0.2, -0.15) is 0 Å². The van der Waals surface area contributed by atoms with Crippen molar-refractivity contribution < 1.29 is 14.3 Å². The second-order valence-corrected chi connectivity index (χ2v) is 9.11. The van der Waals surface area contributed by atoms with Crippen LogP contribution < -0.4 is 14.4 Å². The van der Waals surface area contributed by atoms with E-state index in [1.807, 2.05) is 40.1 Å². The molecule has 0 aliphatic carbocycles. The van der Waals surface area contributed by atoms with Gasteiger partial charge in [-0.15, -0.1) is 0 Å². The Hall–Kier alpha value is -2.35. The predicted molar refractivity (Wildman–Crippen MR) is 128 cm³/mol. The van der Waals surface area contributed by atoms with E-state index in [4.69, 9.17) is 26.1 Å². The van der Waals surface area contributed by atoms with Gasteiger partial charge in [-0.25, -0.2) is 4.98 Å². The van der Waals surface area contributed by atoms with E-state index < -0.39 is 0 Å². The summed E-state index contributed by atoms with van der Waals surface area (Å²) < 4.78 is 11.9. The van der Waals surface area contributed by atoms with Crippen LogP contribution >= 0.6 is 22.9 Å². The van der Waals surface area contributed by atoms with Crippen molar-refractivity contribution in [2.24, 2.45) is 0 Å². The number of nitrogens with zero attached hydrogens (tertiary/aromatic N) is 3. The molecule has 1 heterocycles. The summed E-state index contributed by atoms with van der Waals surface area (Å²) in [4.78, 5) is 22.0. The zero-order valence-electron chi connectivity index (χ0n) is 18.5. The maximum Gasteiger partial charge on any atom is 0.260 e. The summed E-state index contributed by atoms with van der Waals surface area (Å²) in [7, 11) is 5.63. The van der Waals surface area contributed by atoms with Gasteiger partial charge in [0.1, 0.15) is 17.0 Å². The number of hydrogen-bond acceptors (Lipinski definition) is 6. The summed E-state index contributed by atoms with van der Waals surface area (Å²) >= 11 is 7.79. The van der Waals surface area contributed by atoms with Crippen LogP contribution in [0.3, 0.4) is 0 Å². The Morgan fingerprint density at radius 2 is 1.84 bits per heavy atom. The highest BCUT2D eigenvalue weighted by molar-refractivity contribution is 7.23. The number of rotatable bonds is 9. The fraction of sp³-hybridized carbons (Fsp3) is 0.391. The SMILES string of the molecule is COc1ccc(Cl)c2sc(N(CCCN(C)C)C(=O)c3ccc(OC(C)C)cc3)nc12. The van der Waals surface area contributed by atoms with Crippen molar-refractivity contribution in [3.05, 3.63) is 47.0 Å². The number of fused-ring (bicyclic) bond motifs is 1. The first-order valence-corrected chi connectivity index (χ1v) is 11.4. The van der Waals surface area contributed by atoms with Crippen molar-refractivity contribution in [2.75, 3.05) is 39.2 Å². The fourth-order valence-corrected chi connectivity index (χ4v) is 4.44. The number of aromatic nitrogens is 1. The van der Waals surface area contributed by atoms with Gasteiger partial charge in [-0.3, -0.25) is 9.69 Å². The van der Waals surface area contributed by atoms with Crippen molar-refractivity contribution in [1.82, 2.24) is 9.88 Å². The zero-order chi connectivity index (χ0) is 22.5. The fourth-order valence-electron chi connectivity index (χ4n) is 3.15. The minimum absolute atomic E-state index is 0.0755. The molecule has 2 aromatic carbocycles. The standard InChI is InChI=1S/C23H28ClN3O3S/c1-15(2)30-17-9-7-16(8-10-17)22(28)27(14-6-13-26(3)4)23-25-20-19(29-5)12-11-18(24)21(20)31-23/h7-12,15H,6,13-14H2,1-5H3. The molecule has 0 saturated carbocycles. The van der Waals surface area contributed by atoms with E-state index in [9.17, 15) is 4.79 Å². The second kappa shape index (κ2) is 10.3. The molecule has 0 atom stereocenters. The summed E-state index contributed by atoms with van der Waals surface area (Å²) in [6.45, 7) is 5.34. The normalized spacial score (nSPS) is 11.4. The average molecular weight is 462 g/mol. The number of anilines is 1. The first-order valence-electron chi connectivity index (χ1n) is 10.2. The van der Waals surface area contributed by atoms with Crippen molar-refractivity contribution in [1.29, 1.82) is 0 Å². The molecule has 0 unspecified atom stereocenters. The maximum atomic E-state index is 13.4. The lowest BCUT2D eigenvalue weighted by atomic mass is 10.2. The largest absolute Gasteiger partial charge is 0.494 e. The van der Waals surface area contributed by atoms with Gasteiger partial charge < -0.3 is 14.4 Å². The molecule has 1 amide bonds. The van der Waals surface area contributed by atoms with Gasteiger partial charge in [0.05, 0.1) is 22.9 Å². The topological polar surface area (TPSA) is 54.9 Å². The molecule has 3 aromatic rings. The van der Waals surface area contributed by atoms with Crippen molar-refractivity contribution in [3.8, 4) is 11.5 Å². The van der Waals surface area contributed by atoms with Crippen molar-refractivity contribution in [2.45, 2.75) is 26.4 Å². The third-order valence-corrected chi connectivity index (χ3v) is 6.14. The predicted octanol–water partition coefficient (Wildman–Crippen LogP) is 5.34. The lowest BCUT2D eigenvalue weighted by molar-refractivity contribution is 0.0986. The van der Waals surface area contributed by atoms with Gasteiger partial charge in [-0.1, -0.05) is 22.9 Å². The summed E-state index contributed by atoms with van der Waals surface area (Å²) in [6.07, 6.45) is 0.889. The Balaban J connectivity index is 1.95. The summed E-state index contributed by atoms with van der Waals surface area (Å²) in [5.74, 6) is 1.27. The number of thiazole rings is 1. The molecule has 0 fully saturated rings. The molecule has 0 saturated heterocycles. The highest BCUT2D eigenvalue weighted by atomic mass is 35.5. The van der Waals surface area contributed by atoms with Gasteiger partial charge in [0.25, 0.3) is 5.91 Å². The van der Waals surface area contributed by atoms with Crippen molar-refractivity contribution >= 4 is 44.2 Å². The Morgan fingerprint density at radius 1 is 1.13 bits per heavy atom. The Labute approximate surface area is 192 Å². The summed E-state index contributed by atoms with van der Waals surface area (Å²) in [5.41, 5.74) is 1.25. The van der Waals surface area contributed by atoms with E-state index in [1.165, 1.54) is 11.3 Å². The summed E-state index contributed by atoms with van der Waals surface area (Å²) in [5, 5.41) is 1.20. The Kier molecular flexibility index (Phi) is 7.75. The van der Waals surface area contributed by atoms with Crippen LogP contribution in [-0.4, -0.2) is 56.2 Å². The monoisotopic (exact) mass is 461 g/mol. The highest BCUT2D eigenvalue weighted by Crippen LogP contribution is 2.39. The van der Waals surface area contributed by atoms with Gasteiger partial charge in [0.15, 0.2) is 5.13 Å². The Bertz CT molecular complexity index is 1030. The van der Waals surface area contributed by atoms with E-state index in [1.54, 1.807) is 36.3 Å². The van der Waals surface area contributed by atoms with Gasteiger partial charge in [-0.05, 0) is 77.3 Å². The molecule has 0 aliphatic heterocycles.